The standard InChI is InChI=1S/C15H23N3O3/c1-10-6-7-12(8-13(10)18(20)21)11(2)17-9-15(3,4)14(19)16-5/h6-8,11,17H,9H2,1-5H3,(H,16,19)/t11-/m0/s1. The minimum absolute atomic E-state index is 0.0444. The van der Waals surface area contributed by atoms with E-state index in [1.165, 1.54) is 0 Å². The first kappa shape index (κ1) is 17.1. The summed E-state index contributed by atoms with van der Waals surface area (Å²) < 4.78 is 0. The van der Waals surface area contributed by atoms with Gasteiger partial charge in [-0.2, -0.15) is 0 Å². The molecular formula is C15H23N3O3. The Morgan fingerprint density at radius 1 is 1.43 bits per heavy atom. The molecule has 1 atom stereocenters. The number of nitrogens with one attached hydrogen (secondary N) is 2. The molecule has 0 aliphatic heterocycles. The molecule has 0 bridgehead atoms. The average molecular weight is 293 g/mol. The first-order valence-electron chi connectivity index (χ1n) is 6.89. The highest BCUT2D eigenvalue weighted by Crippen LogP contribution is 2.24. The molecule has 21 heavy (non-hydrogen) atoms. The van der Waals surface area contributed by atoms with Gasteiger partial charge in [0.2, 0.25) is 5.91 Å². The average Bonchev–Trinajstić information content (AvgIpc) is 2.44. The van der Waals surface area contributed by atoms with Crippen LogP contribution in [0.15, 0.2) is 18.2 Å². The number of aryl methyl sites for hydroxylation is 1. The van der Waals surface area contributed by atoms with Crippen molar-refractivity contribution in [1.29, 1.82) is 0 Å². The SMILES string of the molecule is CNC(=O)C(C)(C)CN[C@@H](C)c1ccc(C)c([N+](=O)[O-])c1. The molecule has 0 aliphatic rings. The maximum Gasteiger partial charge on any atom is 0.272 e. The van der Waals surface area contributed by atoms with E-state index < -0.39 is 5.41 Å². The minimum atomic E-state index is -0.542. The van der Waals surface area contributed by atoms with Crippen molar-refractivity contribution in [3.8, 4) is 0 Å². The number of nitro benzene ring substituents is 1. The number of benzene rings is 1. The molecule has 1 amide bonds. The topological polar surface area (TPSA) is 84.3 Å². The first-order valence-corrected chi connectivity index (χ1v) is 6.89. The second kappa shape index (κ2) is 6.67. The second-order valence-corrected chi connectivity index (χ2v) is 5.87. The minimum Gasteiger partial charge on any atom is -0.359 e. The fourth-order valence-corrected chi connectivity index (χ4v) is 2.04. The van der Waals surface area contributed by atoms with Gasteiger partial charge in [-0.05, 0) is 33.3 Å². The van der Waals surface area contributed by atoms with Crippen LogP contribution in [0.3, 0.4) is 0 Å². The van der Waals surface area contributed by atoms with E-state index in [4.69, 9.17) is 0 Å². The molecule has 1 aromatic carbocycles. The Bertz CT molecular complexity index is 541. The van der Waals surface area contributed by atoms with Gasteiger partial charge in [-0.25, -0.2) is 0 Å². The van der Waals surface area contributed by atoms with Gasteiger partial charge in [-0.1, -0.05) is 12.1 Å². The third kappa shape index (κ3) is 4.26. The van der Waals surface area contributed by atoms with Gasteiger partial charge in [0, 0.05) is 31.3 Å². The Kier molecular flexibility index (Phi) is 5.43. The predicted molar refractivity (Wildman–Crippen MR) is 82.1 cm³/mol. The van der Waals surface area contributed by atoms with Crippen molar-refractivity contribution in [1.82, 2.24) is 10.6 Å². The van der Waals surface area contributed by atoms with Crippen LogP contribution >= 0.6 is 0 Å². The summed E-state index contributed by atoms with van der Waals surface area (Å²) in [4.78, 5) is 22.3. The fraction of sp³-hybridized carbons (Fsp3) is 0.533. The second-order valence-electron chi connectivity index (χ2n) is 5.87. The highest BCUT2D eigenvalue weighted by Gasteiger charge is 2.27. The van der Waals surface area contributed by atoms with Crippen molar-refractivity contribution in [2.75, 3.05) is 13.6 Å². The Morgan fingerprint density at radius 2 is 2.05 bits per heavy atom. The van der Waals surface area contributed by atoms with Gasteiger partial charge in [0.1, 0.15) is 0 Å². The van der Waals surface area contributed by atoms with Crippen LogP contribution in [0, 0.1) is 22.5 Å². The largest absolute Gasteiger partial charge is 0.359 e. The van der Waals surface area contributed by atoms with Crippen LogP contribution in [-0.2, 0) is 4.79 Å². The molecule has 6 nitrogen and oxygen atoms in total. The van der Waals surface area contributed by atoms with Gasteiger partial charge in [0.15, 0.2) is 0 Å². The van der Waals surface area contributed by atoms with Crippen LogP contribution in [-0.4, -0.2) is 24.4 Å². The summed E-state index contributed by atoms with van der Waals surface area (Å²) >= 11 is 0. The molecule has 0 aromatic heterocycles. The lowest BCUT2D eigenvalue weighted by Gasteiger charge is -2.25. The third-order valence-electron chi connectivity index (χ3n) is 3.62. The highest BCUT2D eigenvalue weighted by atomic mass is 16.6. The number of hydrogen-bond donors (Lipinski definition) is 2. The van der Waals surface area contributed by atoms with E-state index in [-0.39, 0.29) is 22.6 Å². The van der Waals surface area contributed by atoms with Crippen LogP contribution in [0.1, 0.15) is 37.9 Å². The monoisotopic (exact) mass is 293 g/mol. The van der Waals surface area contributed by atoms with E-state index in [9.17, 15) is 14.9 Å². The number of carbonyl (C=O) groups excluding carboxylic acids is 1. The number of hydrogen-bond acceptors (Lipinski definition) is 4. The lowest BCUT2D eigenvalue weighted by Crippen LogP contribution is -2.42. The van der Waals surface area contributed by atoms with E-state index in [0.717, 1.165) is 5.56 Å². The molecule has 0 unspecified atom stereocenters. The summed E-state index contributed by atoms with van der Waals surface area (Å²) in [5.41, 5.74) is 1.05. The van der Waals surface area contributed by atoms with Crippen LogP contribution in [0.2, 0.25) is 0 Å². The molecule has 6 heteroatoms. The normalized spacial score (nSPS) is 12.8. The smallest absolute Gasteiger partial charge is 0.272 e. The van der Waals surface area contributed by atoms with Crippen LogP contribution < -0.4 is 10.6 Å². The van der Waals surface area contributed by atoms with Crippen molar-refractivity contribution >= 4 is 11.6 Å². The van der Waals surface area contributed by atoms with Crippen molar-refractivity contribution < 1.29 is 9.72 Å². The Balaban J connectivity index is 2.81. The van der Waals surface area contributed by atoms with Crippen molar-refractivity contribution in [3.05, 3.63) is 39.4 Å². The van der Waals surface area contributed by atoms with E-state index in [1.54, 1.807) is 26.1 Å². The van der Waals surface area contributed by atoms with Crippen molar-refractivity contribution in [2.24, 2.45) is 5.41 Å². The van der Waals surface area contributed by atoms with Gasteiger partial charge in [0.25, 0.3) is 5.69 Å². The molecule has 0 saturated carbocycles. The Labute approximate surface area is 125 Å². The Morgan fingerprint density at radius 3 is 2.57 bits per heavy atom. The zero-order chi connectivity index (χ0) is 16.2. The van der Waals surface area contributed by atoms with Gasteiger partial charge in [0.05, 0.1) is 10.3 Å². The summed E-state index contributed by atoms with van der Waals surface area (Å²) in [7, 11) is 1.61. The summed E-state index contributed by atoms with van der Waals surface area (Å²) in [6.45, 7) is 7.82. The molecule has 116 valence electrons. The zero-order valence-electron chi connectivity index (χ0n) is 13.2. The molecule has 2 N–H and O–H groups in total. The quantitative estimate of drug-likeness (QED) is 0.622. The lowest BCUT2D eigenvalue weighted by atomic mass is 9.91. The molecule has 0 aliphatic carbocycles. The molecule has 1 rings (SSSR count). The van der Waals surface area contributed by atoms with E-state index in [2.05, 4.69) is 10.6 Å². The molecule has 0 fully saturated rings. The number of carbonyl (C=O) groups is 1. The third-order valence-corrected chi connectivity index (χ3v) is 3.62. The van der Waals surface area contributed by atoms with E-state index >= 15 is 0 Å². The summed E-state index contributed by atoms with van der Waals surface area (Å²) in [5.74, 6) is -0.0444. The van der Waals surface area contributed by atoms with Crippen molar-refractivity contribution in [3.63, 3.8) is 0 Å². The number of rotatable bonds is 6. The number of nitrogens with zero attached hydrogens (tertiary/aromatic N) is 1. The number of amides is 1. The predicted octanol–water partition coefficient (Wildman–Crippen LogP) is 2.33. The van der Waals surface area contributed by atoms with Gasteiger partial charge < -0.3 is 10.6 Å². The van der Waals surface area contributed by atoms with Crippen LogP contribution in [0.5, 0.6) is 0 Å². The molecule has 0 saturated heterocycles. The maximum atomic E-state index is 11.7. The zero-order valence-corrected chi connectivity index (χ0v) is 13.2. The van der Waals surface area contributed by atoms with Gasteiger partial charge in [-0.3, -0.25) is 14.9 Å². The summed E-state index contributed by atoms with van der Waals surface area (Å²) in [6.07, 6.45) is 0. The van der Waals surface area contributed by atoms with E-state index in [0.29, 0.717) is 12.1 Å². The summed E-state index contributed by atoms with van der Waals surface area (Å²) in [5, 5.41) is 16.9. The van der Waals surface area contributed by atoms with E-state index in [1.807, 2.05) is 26.8 Å². The number of nitro groups is 1. The molecular weight excluding hydrogens is 270 g/mol. The molecule has 1 aromatic rings. The molecule has 0 radical (unpaired) electrons. The lowest BCUT2D eigenvalue weighted by molar-refractivity contribution is -0.385. The highest BCUT2D eigenvalue weighted by molar-refractivity contribution is 5.81. The first-order chi connectivity index (χ1) is 9.69. The molecule has 0 spiro atoms. The van der Waals surface area contributed by atoms with Crippen LogP contribution in [0.25, 0.3) is 0 Å². The molecule has 0 heterocycles. The van der Waals surface area contributed by atoms with Crippen LogP contribution in [0.4, 0.5) is 5.69 Å². The van der Waals surface area contributed by atoms with Crippen molar-refractivity contribution in [2.45, 2.75) is 33.7 Å². The summed E-state index contributed by atoms with van der Waals surface area (Å²) in [6, 6.07) is 5.12. The fourth-order valence-electron chi connectivity index (χ4n) is 2.04. The maximum absolute atomic E-state index is 11.7. The Hall–Kier alpha value is -1.95. The van der Waals surface area contributed by atoms with Gasteiger partial charge >= 0.3 is 0 Å². The van der Waals surface area contributed by atoms with Gasteiger partial charge in [-0.15, -0.1) is 0 Å².